The van der Waals surface area contributed by atoms with Crippen molar-refractivity contribution in [2.75, 3.05) is 13.1 Å². The van der Waals surface area contributed by atoms with Crippen LogP contribution in [0.25, 0.3) is 10.9 Å². The van der Waals surface area contributed by atoms with Crippen LogP contribution < -0.4 is 0 Å². The Balaban J connectivity index is 1.30. The molecule has 1 atom stereocenters. The second kappa shape index (κ2) is 6.55. The van der Waals surface area contributed by atoms with Crippen molar-refractivity contribution >= 4 is 16.8 Å². The number of likely N-dealkylation sites (tertiary alicyclic amines) is 1. The second-order valence-electron chi connectivity index (χ2n) is 8.15. The highest BCUT2D eigenvalue weighted by molar-refractivity contribution is 6.06. The van der Waals surface area contributed by atoms with E-state index in [1.165, 1.54) is 30.8 Å². The number of para-hydroxylation sites is 1. The summed E-state index contributed by atoms with van der Waals surface area (Å²) in [6.45, 7) is 4.81. The van der Waals surface area contributed by atoms with Gasteiger partial charge in [-0.05, 0) is 38.2 Å². The van der Waals surface area contributed by atoms with Gasteiger partial charge in [0, 0.05) is 54.5 Å². The Hall–Kier alpha value is -2.56. The molecule has 0 spiro atoms. The van der Waals surface area contributed by atoms with Gasteiger partial charge in [0.05, 0.1) is 5.56 Å². The van der Waals surface area contributed by atoms with Crippen molar-refractivity contribution < 1.29 is 4.79 Å². The number of carbonyl (C=O) groups is 1. The second-order valence-corrected chi connectivity index (χ2v) is 8.15. The molecule has 2 aromatic heterocycles. The largest absolute Gasteiger partial charge is 0.360 e. The average Bonchev–Trinajstić information content (AvgIpc) is 3.35. The van der Waals surface area contributed by atoms with Gasteiger partial charge >= 0.3 is 0 Å². The predicted molar refractivity (Wildman–Crippen MR) is 106 cm³/mol. The van der Waals surface area contributed by atoms with Crippen molar-refractivity contribution in [3.05, 3.63) is 53.7 Å². The first kappa shape index (κ1) is 16.6. The molecule has 1 aliphatic carbocycles. The summed E-state index contributed by atoms with van der Waals surface area (Å²) in [4.78, 5) is 23.0. The molecule has 140 valence electrons. The molecule has 1 saturated carbocycles. The van der Waals surface area contributed by atoms with Crippen molar-refractivity contribution in [2.24, 2.45) is 5.92 Å². The zero-order valence-corrected chi connectivity index (χ0v) is 15.8. The number of aromatic amines is 1. The first-order chi connectivity index (χ1) is 13.2. The molecule has 1 unspecified atom stereocenters. The number of aryl methyl sites for hydroxylation is 1. The average molecular weight is 362 g/mol. The minimum Gasteiger partial charge on any atom is -0.360 e. The Kier molecular flexibility index (Phi) is 4.03. The van der Waals surface area contributed by atoms with Crippen LogP contribution in [0.15, 0.2) is 36.7 Å². The molecule has 27 heavy (non-hydrogen) atoms. The SMILES string of the molecule is Cc1cnc(C2CCC2)n1CC1CCN(C(=O)c2c[nH]c3ccccc23)C1. The van der Waals surface area contributed by atoms with E-state index in [2.05, 4.69) is 21.5 Å². The number of amides is 1. The number of hydrogen-bond donors (Lipinski definition) is 1. The third kappa shape index (κ3) is 2.85. The third-order valence-corrected chi connectivity index (χ3v) is 6.39. The highest BCUT2D eigenvalue weighted by Gasteiger charge is 2.31. The summed E-state index contributed by atoms with van der Waals surface area (Å²) in [6.07, 6.45) is 8.80. The number of aromatic nitrogens is 3. The number of hydrogen-bond acceptors (Lipinski definition) is 2. The molecule has 5 rings (SSSR count). The number of H-pyrrole nitrogens is 1. The highest BCUT2D eigenvalue weighted by Crippen LogP contribution is 2.36. The number of nitrogens with one attached hydrogen (secondary N) is 1. The summed E-state index contributed by atoms with van der Waals surface area (Å²) in [7, 11) is 0. The van der Waals surface area contributed by atoms with E-state index in [4.69, 9.17) is 0 Å². The molecule has 1 saturated heterocycles. The molecule has 5 nitrogen and oxygen atoms in total. The molecule has 2 aliphatic rings. The molecule has 1 N–H and O–H groups in total. The summed E-state index contributed by atoms with van der Waals surface area (Å²) in [6, 6.07) is 8.02. The first-order valence-corrected chi connectivity index (χ1v) is 10.1. The van der Waals surface area contributed by atoms with E-state index in [1.807, 2.05) is 41.6 Å². The summed E-state index contributed by atoms with van der Waals surface area (Å²) in [5.74, 6) is 2.56. The highest BCUT2D eigenvalue weighted by atomic mass is 16.2. The van der Waals surface area contributed by atoms with Gasteiger partial charge in [-0.2, -0.15) is 0 Å². The summed E-state index contributed by atoms with van der Waals surface area (Å²) >= 11 is 0. The van der Waals surface area contributed by atoms with Crippen molar-refractivity contribution in [3.63, 3.8) is 0 Å². The topological polar surface area (TPSA) is 53.9 Å². The molecule has 0 bridgehead atoms. The summed E-state index contributed by atoms with van der Waals surface area (Å²) < 4.78 is 2.41. The number of nitrogens with zero attached hydrogens (tertiary/aromatic N) is 3. The van der Waals surface area contributed by atoms with E-state index < -0.39 is 0 Å². The molecule has 1 aromatic carbocycles. The maximum absolute atomic E-state index is 13.1. The van der Waals surface area contributed by atoms with Crippen LogP contribution in [0.3, 0.4) is 0 Å². The van der Waals surface area contributed by atoms with E-state index in [1.54, 1.807) is 0 Å². The van der Waals surface area contributed by atoms with Crippen LogP contribution in [-0.4, -0.2) is 38.4 Å². The molecule has 1 aliphatic heterocycles. The molecular formula is C22H26N4O. The normalized spacial score (nSPS) is 20.3. The van der Waals surface area contributed by atoms with Gasteiger partial charge in [-0.25, -0.2) is 4.98 Å². The van der Waals surface area contributed by atoms with Crippen LogP contribution in [0.1, 0.15) is 53.5 Å². The van der Waals surface area contributed by atoms with E-state index in [-0.39, 0.29) is 5.91 Å². The predicted octanol–water partition coefficient (Wildman–Crippen LogP) is 4.10. The Morgan fingerprint density at radius 2 is 2.11 bits per heavy atom. The van der Waals surface area contributed by atoms with E-state index in [0.717, 1.165) is 42.5 Å². The van der Waals surface area contributed by atoms with E-state index in [0.29, 0.717) is 11.8 Å². The Bertz CT molecular complexity index is 981. The minimum absolute atomic E-state index is 0.150. The molecule has 0 radical (unpaired) electrons. The maximum atomic E-state index is 13.1. The fourth-order valence-electron chi connectivity index (χ4n) is 4.55. The summed E-state index contributed by atoms with van der Waals surface area (Å²) in [5.41, 5.74) is 3.06. The van der Waals surface area contributed by atoms with E-state index in [9.17, 15) is 4.79 Å². The number of carbonyl (C=O) groups excluding carboxylic acids is 1. The zero-order valence-electron chi connectivity index (χ0n) is 15.8. The van der Waals surface area contributed by atoms with Gasteiger partial charge in [0.1, 0.15) is 5.82 Å². The van der Waals surface area contributed by atoms with Crippen LogP contribution in [0.2, 0.25) is 0 Å². The third-order valence-electron chi connectivity index (χ3n) is 6.39. The zero-order chi connectivity index (χ0) is 18.4. The molecule has 3 aromatic rings. The maximum Gasteiger partial charge on any atom is 0.256 e. The van der Waals surface area contributed by atoms with Crippen molar-refractivity contribution in [1.82, 2.24) is 19.4 Å². The lowest BCUT2D eigenvalue weighted by molar-refractivity contribution is 0.0788. The van der Waals surface area contributed by atoms with Crippen molar-refractivity contribution in [3.8, 4) is 0 Å². The Morgan fingerprint density at radius 1 is 1.26 bits per heavy atom. The van der Waals surface area contributed by atoms with Gasteiger partial charge < -0.3 is 14.5 Å². The lowest BCUT2D eigenvalue weighted by atomic mass is 9.84. The summed E-state index contributed by atoms with van der Waals surface area (Å²) in [5, 5.41) is 1.02. The minimum atomic E-state index is 0.150. The van der Waals surface area contributed by atoms with Crippen LogP contribution in [0.4, 0.5) is 0 Å². The van der Waals surface area contributed by atoms with Gasteiger partial charge in [0.15, 0.2) is 0 Å². The van der Waals surface area contributed by atoms with Gasteiger partial charge in [-0.1, -0.05) is 24.6 Å². The van der Waals surface area contributed by atoms with Crippen LogP contribution >= 0.6 is 0 Å². The van der Waals surface area contributed by atoms with Gasteiger partial charge in [0.25, 0.3) is 5.91 Å². The van der Waals surface area contributed by atoms with Gasteiger partial charge in [0.2, 0.25) is 0 Å². The smallest absolute Gasteiger partial charge is 0.256 e. The first-order valence-electron chi connectivity index (χ1n) is 10.1. The van der Waals surface area contributed by atoms with Gasteiger partial charge in [-0.3, -0.25) is 4.79 Å². The van der Waals surface area contributed by atoms with E-state index >= 15 is 0 Å². The number of rotatable bonds is 4. The number of fused-ring (bicyclic) bond motifs is 1. The number of imidazole rings is 1. The lowest BCUT2D eigenvalue weighted by Crippen LogP contribution is -2.29. The van der Waals surface area contributed by atoms with Crippen LogP contribution in [-0.2, 0) is 6.54 Å². The number of benzene rings is 1. The quantitative estimate of drug-likeness (QED) is 0.760. The standard InChI is InChI=1S/C22H26N4O/c1-15-11-24-21(17-5-4-6-17)26(15)14-16-9-10-25(13-16)22(27)19-12-23-20-8-3-2-7-18(19)20/h2-3,7-8,11-12,16-17,23H,4-6,9-10,13-14H2,1H3. The molecule has 3 heterocycles. The van der Waals surface area contributed by atoms with Crippen LogP contribution in [0.5, 0.6) is 0 Å². The molecule has 2 fully saturated rings. The van der Waals surface area contributed by atoms with Crippen molar-refractivity contribution in [1.29, 1.82) is 0 Å². The Labute approximate surface area is 159 Å². The fraction of sp³-hybridized carbons (Fsp3) is 0.455. The fourth-order valence-corrected chi connectivity index (χ4v) is 4.55. The van der Waals surface area contributed by atoms with Crippen molar-refractivity contribution in [2.45, 2.75) is 45.1 Å². The Morgan fingerprint density at radius 3 is 2.93 bits per heavy atom. The monoisotopic (exact) mass is 362 g/mol. The lowest BCUT2D eigenvalue weighted by Gasteiger charge is -2.27. The molecule has 1 amide bonds. The van der Waals surface area contributed by atoms with Crippen LogP contribution in [0, 0.1) is 12.8 Å². The van der Waals surface area contributed by atoms with Gasteiger partial charge in [-0.15, -0.1) is 0 Å². The molecule has 5 heteroatoms. The molecular weight excluding hydrogens is 336 g/mol.